The molecular weight excluding hydrogens is 386 g/mol. The number of para-hydroxylation sites is 1. The van der Waals surface area contributed by atoms with Crippen LogP contribution in [-0.2, 0) is 11.3 Å². The molecule has 164 valence electrons. The summed E-state index contributed by atoms with van der Waals surface area (Å²) in [4.78, 5) is 41.2. The first-order chi connectivity index (χ1) is 14.3. The average Bonchev–Trinajstić information content (AvgIpc) is 2.87. The highest BCUT2D eigenvalue weighted by Gasteiger charge is 2.42. The van der Waals surface area contributed by atoms with Gasteiger partial charge in [0, 0.05) is 58.6 Å². The van der Waals surface area contributed by atoms with E-state index in [9.17, 15) is 14.4 Å². The Bertz CT molecular complexity index is 789. The molecular formula is C21H31N5O4. The molecule has 3 N–H and O–H groups in total. The Balaban J connectivity index is 1.66. The van der Waals surface area contributed by atoms with Crippen molar-refractivity contribution in [2.24, 2.45) is 5.73 Å². The summed E-state index contributed by atoms with van der Waals surface area (Å²) in [5.41, 5.74) is 5.52. The van der Waals surface area contributed by atoms with Gasteiger partial charge in [0.2, 0.25) is 5.91 Å². The average molecular weight is 418 g/mol. The van der Waals surface area contributed by atoms with Crippen LogP contribution in [0.5, 0.6) is 5.75 Å². The third-order valence-corrected chi connectivity index (χ3v) is 5.69. The highest BCUT2D eigenvalue weighted by atomic mass is 16.5. The van der Waals surface area contributed by atoms with Crippen molar-refractivity contribution in [3.05, 3.63) is 29.8 Å². The zero-order valence-corrected chi connectivity index (χ0v) is 17.7. The predicted octanol–water partition coefficient (Wildman–Crippen LogP) is 1.37. The molecule has 30 heavy (non-hydrogen) atoms. The molecule has 2 heterocycles. The fourth-order valence-corrected chi connectivity index (χ4v) is 4.06. The Hall–Kier alpha value is -2.97. The van der Waals surface area contributed by atoms with Gasteiger partial charge in [0.25, 0.3) is 0 Å². The van der Waals surface area contributed by atoms with Crippen molar-refractivity contribution in [1.82, 2.24) is 20.0 Å². The molecule has 9 nitrogen and oxygen atoms in total. The molecule has 0 saturated carbocycles. The van der Waals surface area contributed by atoms with Gasteiger partial charge in [-0.1, -0.05) is 18.2 Å². The fraction of sp³-hybridized carbons (Fsp3) is 0.571. The fourth-order valence-electron chi connectivity index (χ4n) is 4.06. The smallest absolute Gasteiger partial charge is 0.319 e. The monoisotopic (exact) mass is 417 g/mol. The summed E-state index contributed by atoms with van der Waals surface area (Å²) in [5.74, 6) is 0.871. The van der Waals surface area contributed by atoms with Gasteiger partial charge < -0.3 is 30.5 Å². The lowest BCUT2D eigenvalue weighted by Crippen LogP contribution is -2.56. The van der Waals surface area contributed by atoms with Gasteiger partial charge in [-0.05, 0) is 12.5 Å². The summed E-state index contributed by atoms with van der Waals surface area (Å²) in [6.07, 6.45) is 2.23. The minimum atomic E-state index is -0.579. The highest BCUT2D eigenvalue weighted by molar-refractivity contribution is 5.76. The number of primary amides is 1. The number of urea groups is 2. The molecule has 5 amide bonds. The minimum Gasteiger partial charge on any atom is -0.485 e. The van der Waals surface area contributed by atoms with Crippen molar-refractivity contribution in [3.8, 4) is 5.75 Å². The molecule has 0 aliphatic carbocycles. The van der Waals surface area contributed by atoms with Gasteiger partial charge in [-0.25, -0.2) is 9.59 Å². The van der Waals surface area contributed by atoms with Crippen molar-refractivity contribution in [1.29, 1.82) is 0 Å². The molecule has 1 saturated heterocycles. The maximum absolute atomic E-state index is 12.7. The maximum Gasteiger partial charge on any atom is 0.319 e. The largest absolute Gasteiger partial charge is 0.485 e. The van der Waals surface area contributed by atoms with E-state index in [-0.39, 0.29) is 11.9 Å². The number of fused-ring (bicyclic) bond motifs is 1. The van der Waals surface area contributed by atoms with Crippen LogP contribution in [0.2, 0.25) is 0 Å². The number of piperidine rings is 1. The van der Waals surface area contributed by atoms with E-state index < -0.39 is 11.6 Å². The number of benzene rings is 1. The van der Waals surface area contributed by atoms with Crippen LogP contribution in [0.3, 0.4) is 0 Å². The number of nitrogens with one attached hydrogen (secondary N) is 1. The molecule has 0 radical (unpaired) electrons. The first-order valence-corrected chi connectivity index (χ1v) is 10.3. The molecule has 0 aromatic heterocycles. The summed E-state index contributed by atoms with van der Waals surface area (Å²) >= 11 is 0. The standard InChI is InChI=1S/C21H31N5O4/c1-24(2)20(29)26-14-16-6-3-4-7-17(16)30-21(15-26)9-12-25(13-10-21)18(27)8-5-11-23-19(22)28/h3-4,6-7H,5,8-15H2,1-2H3,(H3,22,23,28). The summed E-state index contributed by atoms with van der Waals surface area (Å²) in [5, 5.41) is 2.50. The molecule has 0 bridgehead atoms. The van der Waals surface area contributed by atoms with Gasteiger partial charge >= 0.3 is 12.1 Å². The summed E-state index contributed by atoms with van der Waals surface area (Å²) < 4.78 is 6.49. The molecule has 0 unspecified atom stereocenters. The zero-order valence-electron chi connectivity index (χ0n) is 17.7. The summed E-state index contributed by atoms with van der Waals surface area (Å²) in [7, 11) is 3.50. The quantitative estimate of drug-likeness (QED) is 0.721. The Kier molecular flexibility index (Phi) is 6.69. The van der Waals surface area contributed by atoms with Crippen LogP contribution >= 0.6 is 0 Å². The summed E-state index contributed by atoms with van der Waals surface area (Å²) in [6, 6.07) is 7.20. The number of carbonyl (C=O) groups is 3. The van der Waals surface area contributed by atoms with Crippen molar-refractivity contribution < 1.29 is 19.1 Å². The lowest BCUT2D eigenvalue weighted by atomic mass is 9.90. The van der Waals surface area contributed by atoms with E-state index in [1.165, 1.54) is 0 Å². The zero-order chi connectivity index (χ0) is 21.7. The number of nitrogens with two attached hydrogens (primary N) is 1. The van der Waals surface area contributed by atoms with Crippen LogP contribution in [0.4, 0.5) is 9.59 Å². The number of ether oxygens (including phenoxy) is 1. The highest BCUT2D eigenvalue weighted by Crippen LogP contribution is 2.36. The molecule has 0 atom stereocenters. The van der Waals surface area contributed by atoms with E-state index in [2.05, 4.69) is 5.32 Å². The first-order valence-electron chi connectivity index (χ1n) is 10.3. The molecule has 1 aromatic carbocycles. The van der Waals surface area contributed by atoms with E-state index in [4.69, 9.17) is 10.5 Å². The van der Waals surface area contributed by atoms with Gasteiger partial charge in [0.15, 0.2) is 0 Å². The maximum atomic E-state index is 12.7. The molecule has 9 heteroatoms. The van der Waals surface area contributed by atoms with E-state index in [1.807, 2.05) is 34.1 Å². The van der Waals surface area contributed by atoms with Crippen molar-refractivity contribution >= 4 is 18.0 Å². The second-order valence-corrected chi connectivity index (χ2v) is 8.20. The Morgan fingerprint density at radius 2 is 1.87 bits per heavy atom. The number of nitrogens with zero attached hydrogens (tertiary/aromatic N) is 3. The Labute approximate surface area is 177 Å². The molecule has 2 aliphatic rings. The van der Waals surface area contributed by atoms with Gasteiger partial charge in [0.05, 0.1) is 13.1 Å². The Morgan fingerprint density at radius 1 is 1.17 bits per heavy atom. The van der Waals surface area contributed by atoms with E-state index >= 15 is 0 Å². The molecule has 1 fully saturated rings. The normalized spacial score (nSPS) is 17.5. The first kappa shape index (κ1) is 21.7. The second kappa shape index (κ2) is 9.23. The number of likely N-dealkylation sites (tertiary alicyclic amines) is 1. The van der Waals surface area contributed by atoms with E-state index in [1.54, 1.807) is 19.0 Å². The summed E-state index contributed by atoms with van der Waals surface area (Å²) in [6.45, 7) is 2.54. The van der Waals surface area contributed by atoms with E-state index in [0.29, 0.717) is 58.4 Å². The molecule has 3 rings (SSSR count). The molecule has 1 aromatic rings. The number of rotatable bonds is 4. The predicted molar refractivity (Wildman–Crippen MR) is 112 cm³/mol. The van der Waals surface area contributed by atoms with Crippen molar-refractivity contribution in [3.63, 3.8) is 0 Å². The SMILES string of the molecule is CN(C)C(=O)N1Cc2ccccc2OC2(CCN(C(=O)CCCNC(N)=O)CC2)C1. The third-order valence-electron chi connectivity index (χ3n) is 5.69. The van der Waals surface area contributed by atoms with Gasteiger partial charge in [-0.2, -0.15) is 0 Å². The number of hydrogen-bond acceptors (Lipinski definition) is 4. The van der Waals surface area contributed by atoms with Gasteiger partial charge in [-0.3, -0.25) is 4.79 Å². The van der Waals surface area contributed by atoms with Crippen LogP contribution < -0.4 is 15.8 Å². The van der Waals surface area contributed by atoms with Crippen LogP contribution in [0, 0.1) is 0 Å². The molecule has 2 aliphatic heterocycles. The topological polar surface area (TPSA) is 108 Å². The Morgan fingerprint density at radius 3 is 2.53 bits per heavy atom. The lowest BCUT2D eigenvalue weighted by molar-refractivity contribution is -0.135. The lowest BCUT2D eigenvalue weighted by Gasteiger charge is -2.43. The van der Waals surface area contributed by atoms with Crippen molar-refractivity contribution in [2.45, 2.75) is 37.8 Å². The van der Waals surface area contributed by atoms with Crippen LogP contribution in [0.1, 0.15) is 31.2 Å². The second-order valence-electron chi connectivity index (χ2n) is 8.20. The van der Waals surface area contributed by atoms with Crippen LogP contribution in [-0.4, -0.2) is 78.5 Å². The minimum absolute atomic E-state index is 0.0462. The van der Waals surface area contributed by atoms with Gasteiger partial charge in [-0.15, -0.1) is 0 Å². The number of carbonyl (C=O) groups excluding carboxylic acids is 3. The number of hydrogen-bond donors (Lipinski definition) is 2. The number of amides is 5. The van der Waals surface area contributed by atoms with Crippen molar-refractivity contribution in [2.75, 3.05) is 40.3 Å². The van der Waals surface area contributed by atoms with Gasteiger partial charge in [0.1, 0.15) is 11.4 Å². The van der Waals surface area contributed by atoms with E-state index in [0.717, 1.165) is 11.3 Å². The third kappa shape index (κ3) is 5.14. The molecule has 1 spiro atoms. The van der Waals surface area contributed by atoms with Crippen LogP contribution in [0.25, 0.3) is 0 Å². The van der Waals surface area contributed by atoms with Crippen LogP contribution in [0.15, 0.2) is 24.3 Å².